The van der Waals surface area contributed by atoms with Gasteiger partial charge in [0.1, 0.15) is 16.7 Å². The molecule has 8 heteroatoms. The summed E-state index contributed by atoms with van der Waals surface area (Å²) in [6.07, 6.45) is 0. The highest BCUT2D eigenvalue weighted by molar-refractivity contribution is 6.36. The van der Waals surface area contributed by atoms with Crippen molar-refractivity contribution in [2.24, 2.45) is 0 Å². The van der Waals surface area contributed by atoms with Crippen LogP contribution in [0.3, 0.4) is 0 Å². The highest BCUT2D eigenvalue weighted by Gasteiger charge is 2.15. The number of aromatic nitrogens is 3. The van der Waals surface area contributed by atoms with Gasteiger partial charge in [0.2, 0.25) is 0 Å². The number of hydrogen-bond donors (Lipinski definition) is 3. The number of aromatic amines is 1. The van der Waals surface area contributed by atoms with Crippen molar-refractivity contribution in [1.29, 1.82) is 0 Å². The third-order valence-corrected chi connectivity index (χ3v) is 3.84. The van der Waals surface area contributed by atoms with Crippen LogP contribution in [0.15, 0.2) is 29.1 Å². The number of halogens is 2. The Morgan fingerprint density at radius 2 is 2.00 bits per heavy atom. The van der Waals surface area contributed by atoms with Gasteiger partial charge >= 0.3 is 0 Å². The van der Waals surface area contributed by atoms with E-state index in [-0.39, 0.29) is 23.6 Å². The lowest BCUT2D eigenvalue weighted by Gasteiger charge is -2.08. The van der Waals surface area contributed by atoms with E-state index < -0.39 is 5.56 Å². The van der Waals surface area contributed by atoms with Crippen molar-refractivity contribution in [2.75, 3.05) is 5.73 Å². The van der Waals surface area contributed by atoms with Gasteiger partial charge in [-0.2, -0.15) is 5.10 Å². The Labute approximate surface area is 128 Å². The summed E-state index contributed by atoms with van der Waals surface area (Å²) < 4.78 is 1.42. The molecular weight excluding hydrogens is 315 g/mol. The fraction of sp³-hybridized carbons (Fsp3) is 0.0769. The third-order valence-electron chi connectivity index (χ3n) is 3.13. The molecule has 6 nitrogen and oxygen atoms in total. The molecular formula is C13H10Cl2N4O2. The zero-order chi connectivity index (χ0) is 15.1. The first-order valence-electron chi connectivity index (χ1n) is 5.98. The zero-order valence-electron chi connectivity index (χ0n) is 10.6. The number of H-pyrrole nitrogens is 1. The summed E-state index contributed by atoms with van der Waals surface area (Å²) in [7, 11) is 0. The van der Waals surface area contributed by atoms with Gasteiger partial charge in [-0.25, -0.2) is 4.68 Å². The number of hydrogen-bond acceptors (Lipinski definition) is 4. The van der Waals surface area contributed by atoms with Crippen molar-refractivity contribution in [2.45, 2.75) is 6.54 Å². The van der Waals surface area contributed by atoms with Crippen LogP contribution in [0, 0.1) is 0 Å². The minimum Gasteiger partial charge on any atom is -0.494 e. The molecule has 108 valence electrons. The molecule has 3 aromatic rings. The van der Waals surface area contributed by atoms with Crippen molar-refractivity contribution >= 4 is 39.9 Å². The summed E-state index contributed by atoms with van der Waals surface area (Å²) in [5.41, 5.74) is 6.41. The molecule has 0 saturated carbocycles. The molecule has 0 saturated heterocycles. The molecule has 1 aromatic carbocycles. The van der Waals surface area contributed by atoms with Crippen molar-refractivity contribution in [3.8, 4) is 5.88 Å². The lowest BCUT2D eigenvalue weighted by Crippen LogP contribution is -2.09. The first kappa shape index (κ1) is 13.8. The first-order chi connectivity index (χ1) is 9.97. The molecule has 0 aliphatic carbocycles. The Balaban J connectivity index is 2.16. The van der Waals surface area contributed by atoms with Gasteiger partial charge in [0.05, 0.1) is 6.54 Å². The molecule has 0 bridgehead atoms. The summed E-state index contributed by atoms with van der Waals surface area (Å²) in [6.45, 7) is 0.221. The highest BCUT2D eigenvalue weighted by atomic mass is 35.5. The van der Waals surface area contributed by atoms with E-state index in [2.05, 4.69) is 10.1 Å². The molecule has 0 unspecified atom stereocenters. The Hall–Kier alpha value is -2.18. The molecule has 0 spiro atoms. The Morgan fingerprint density at radius 3 is 2.67 bits per heavy atom. The van der Waals surface area contributed by atoms with Crippen LogP contribution in [0.5, 0.6) is 5.88 Å². The van der Waals surface area contributed by atoms with Gasteiger partial charge in [0.15, 0.2) is 5.88 Å². The van der Waals surface area contributed by atoms with E-state index in [1.54, 1.807) is 18.2 Å². The van der Waals surface area contributed by atoms with E-state index in [0.717, 1.165) is 0 Å². The quantitative estimate of drug-likeness (QED) is 0.674. The van der Waals surface area contributed by atoms with Crippen LogP contribution < -0.4 is 11.3 Å². The van der Waals surface area contributed by atoms with Crippen LogP contribution in [0.4, 0.5) is 5.82 Å². The number of nitrogens with zero attached hydrogens (tertiary/aromatic N) is 2. The maximum absolute atomic E-state index is 11.8. The lowest BCUT2D eigenvalue weighted by molar-refractivity contribution is 0.453. The average Bonchev–Trinajstić information content (AvgIpc) is 2.70. The summed E-state index contributed by atoms with van der Waals surface area (Å²) >= 11 is 12.2. The second kappa shape index (κ2) is 4.98. The largest absolute Gasteiger partial charge is 0.494 e. The maximum Gasteiger partial charge on any atom is 0.263 e. The molecule has 0 aliphatic rings. The summed E-state index contributed by atoms with van der Waals surface area (Å²) in [6, 6.07) is 6.49. The molecule has 2 heterocycles. The van der Waals surface area contributed by atoms with Gasteiger partial charge in [-0.3, -0.25) is 9.78 Å². The van der Waals surface area contributed by atoms with Crippen LogP contribution >= 0.6 is 23.2 Å². The van der Waals surface area contributed by atoms with Crippen LogP contribution in [-0.2, 0) is 6.54 Å². The minimum atomic E-state index is -0.501. The second-order valence-corrected chi connectivity index (χ2v) is 5.30. The second-order valence-electron chi connectivity index (χ2n) is 4.49. The molecule has 0 amide bonds. The molecule has 21 heavy (non-hydrogen) atoms. The normalized spacial score (nSPS) is 11.1. The van der Waals surface area contributed by atoms with E-state index in [1.165, 1.54) is 10.7 Å². The van der Waals surface area contributed by atoms with Crippen molar-refractivity contribution in [1.82, 2.24) is 14.8 Å². The van der Waals surface area contributed by atoms with Gasteiger partial charge in [0.25, 0.3) is 5.56 Å². The van der Waals surface area contributed by atoms with E-state index in [9.17, 15) is 9.90 Å². The number of pyridine rings is 1. The molecule has 0 aliphatic heterocycles. The number of aromatic hydroxyl groups is 1. The van der Waals surface area contributed by atoms with Crippen LogP contribution in [0.1, 0.15) is 5.56 Å². The van der Waals surface area contributed by atoms with Gasteiger partial charge in [0, 0.05) is 21.7 Å². The number of nitrogens with two attached hydrogens (primary N) is 1. The highest BCUT2D eigenvalue weighted by Crippen LogP contribution is 2.27. The van der Waals surface area contributed by atoms with Crippen LogP contribution in [0.2, 0.25) is 10.0 Å². The number of nitrogen functional groups attached to an aromatic ring is 1. The van der Waals surface area contributed by atoms with E-state index in [1.807, 2.05) is 0 Å². The topological polar surface area (TPSA) is 96.9 Å². The summed E-state index contributed by atoms with van der Waals surface area (Å²) in [5, 5.41) is 14.8. The number of benzene rings is 1. The van der Waals surface area contributed by atoms with Crippen molar-refractivity contribution in [3.05, 3.63) is 50.2 Å². The number of nitrogens with one attached hydrogen (secondary N) is 1. The van der Waals surface area contributed by atoms with Crippen molar-refractivity contribution < 1.29 is 5.11 Å². The number of anilines is 1. The minimum absolute atomic E-state index is 0.183. The molecule has 0 fully saturated rings. The third kappa shape index (κ3) is 2.32. The predicted molar refractivity (Wildman–Crippen MR) is 82.0 cm³/mol. The molecule has 4 N–H and O–H groups in total. The van der Waals surface area contributed by atoms with E-state index in [0.29, 0.717) is 21.1 Å². The zero-order valence-corrected chi connectivity index (χ0v) is 12.1. The Morgan fingerprint density at radius 1 is 1.33 bits per heavy atom. The Bertz CT molecular complexity index is 881. The number of rotatable bonds is 2. The standard InChI is InChI=1S/C13H10Cl2N4O2/c14-7-2-1-3-8(15)6(7)5-19-12(16)11-9(18-19)4-10(20)17-13(11)21/h1-4,20H,5,16H2,(H,17,21). The lowest BCUT2D eigenvalue weighted by atomic mass is 10.2. The van der Waals surface area contributed by atoms with Gasteiger partial charge in [-0.1, -0.05) is 29.3 Å². The van der Waals surface area contributed by atoms with E-state index >= 15 is 0 Å². The van der Waals surface area contributed by atoms with E-state index in [4.69, 9.17) is 28.9 Å². The maximum atomic E-state index is 11.8. The fourth-order valence-corrected chi connectivity index (χ4v) is 2.64. The van der Waals surface area contributed by atoms with Gasteiger partial charge in [-0.15, -0.1) is 0 Å². The monoisotopic (exact) mass is 324 g/mol. The molecule has 0 atom stereocenters. The van der Waals surface area contributed by atoms with Gasteiger partial charge in [-0.05, 0) is 12.1 Å². The van der Waals surface area contributed by atoms with Crippen LogP contribution in [0.25, 0.3) is 10.9 Å². The average molecular weight is 325 g/mol. The molecule has 2 aromatic heterocycles. The fourth-order valence-electron chi connectivity index (χ4n) is 2.13. The molecule has 0 radical (unpaired) electrons. The molecule has 3 rings (SSSR count). The predicted octanol–water partition coefficient (Wildman–Crippen LogP) is 2.37. The Kier molecular flexibility index (Phi) is 3.27. The van der Waals surface area contributed by atoms with Crippen LogP contribution in [-0.4, -0.2) is 19.9 Å². The summed E-state index contributed by atoms with van der Waals surface area (Å²) in [5.74, 6) is -0.0878. The SMILES string of the molecule is Nc1c2c(=O)[nH]c(O)cc2nn1Cc1c(Cl)cccc1Cl. The summed E-state index contributed by atoms with van der Waals surface area (Å²) in [4.78, 5) is 14.1. The van der Waals surface area contributed by atoms with Crippen molar-refractivity contribution in [3.63, 3.8) is 0 Å². The van der Waals surface area contributed by atoms with Gasteiger partial charge < -0.3 is 10.8 Å². The number of fused-ring (bicyclic) bond motifs is 1. The first-order valence-corrected chi connectivity index (χ1v) is 6.74. The smallest absolute Gasteiger partial charge is 0.263 e.